The number of rotatable bonds is 4. The van der Waals surface area contributed by atoms with E-state index in [1.807, 2.05) is 53.1 Å². The van der Waals surface area contributed by atoms with Crippen LogP contribution in [0.4, 0.5) is 0 Å². The predicted octanol–water partition coefficient (Wildman–Crippen LogP) is 3.90. The summed E-state index contributed by atoms with van der Waals surface area (Å²) < 4.78 is 3.03. The summed E-state index contributed by atoms with van der Waals surface area (Å²) in [5.74, 6) is -0.0662. The van der Waals surface area contributed by atoms with Crippen LogP contribution in [0.3, 0.4) is 0 Å². The first kappa shape index (κ1) is 18.4. The molecule has 1 unspecified atom stereocenters. The van der Waals surface area contributed by atoms with Crippen LogP contribution in [0.25, 0.3) is 10.2 Å². The first-order chi connectivity index (χ1) is 14.1. The van der Waals surface area contributed by atoms with Crippen molar-refractivity contribution in [1.82, 2.24) is 19.1 Å². The summed E-state index contributed by atoms with van der Waals surface area (Å²) >= 11 is 3.19. The van der Waals surface area contributed by atoms with Crippen molar-refractivity contribution < 1.29 is 4.79 Å². The van der Waals surface area contributed by atoms with Gasteiger partial charge >= 0.3 is 0 Å². The van der Waals surface area contributed by atoms with Gasteiger partial charge in [-0.2, -0.15) is 5.10 Å². The van der Waals surface area contributed by atoms with E-state index in [0.717, 1.165) is 37.5 Å². The molecular formula is C21H19N5OS2. The first-order valence-electron chi connectivity index (χ1n) is 9.27. The molecule has 3 heterocycles. The molecule has 1 amide bonds. The lowest BCUT2D eigenvalue weighted by Crippen LogP contribution is -2.35. The Bertz CT molecular complexity index is 1190. The number of fused-ring (bicyclic) bond motifs is 2. The van der Waals surface area contributed by atoms with Gasteiger partial charge in [-0.1, -0.05) is 29.8 Å². The third-order valence-corrected chi connectivity index (χ3v) is 6.67. The molecule has 146 valence electrons. The van der Waals surface area contributed by atoms with Crippen LogP contribution in [0.15, 0.2) is 59.1 Å². The minimum atomic E-state index is -0.647. The highest BCUT2D eigenvalue weighted by Crippen LogP contribution is 2.30. The number of aryl methyl sites for hydroxylation is 1. The monoisotopic (exact) mass is 421 g/mol. The highest BCUT2D eigenvalue weighted by molar-refractivity contribution is 7.97. The molecule has 6 nitrogen and oxygen atoms in total. The van der Waals surface area contributed by atoms with E-state index in [-0.39, 0.29) is 5.91 Å². The molecule has 0 saturated heterocycles. The maximum absolute atomic E-state index is 12.9. The third kappa shape index (κ3) is 3.55. The number of carbonyl (C=O) groups is 1. The van der Waals surface area contributed by atoms with Gasteiger partial charge in [0.1, 0.15) is 6.04 Å². The molecule has 0 bridgehead atoms. The minimum absolute atomic E-state index is 0.0662. The minimum Gasteiger partial charge on any atom is -0.331 e. The lowest BCUT2D eigenvalue weighted by Gasteiger charge is -2.21. The second-order valence-corrected chi connectivity index (χ2v) is 9.08. The smallest absolute Gasteiger partial charge is 0.244 e. The van der Waals surface area contributed by atoms with Gasteiger partial charge in [0.05, 0.1) is 28.0 Å². The maximum Gasteiger partial charge on any atom is 0.244 e. The Balaban J connectivity index is 1.28. The van der Waals surface area contributed by atoms with Gasteiger partial charge in [-0.15, -0.1) is 11.3 Å². The van der Waals surface area contributed by atoms with Crippen LogP contribution in [0.2, 0.25) is 0 Å². The topological polar surface area (TPSA) is 77.0 Å². The number of aromatic nitrogens is 3. The summed E-state index contributed by atoms with van der Waals surface area (Å²) in [6.07, 6.45) is 2.00. The summed E-state index contributed by atoms with van der Waals surface area (Å²) in [7, 11) is 0. The molecule has 1 aliphatic heterocycles. The van der Waals surface area contributed by atoms with Crippen LogP contribution in [0.1, 0.15) is 28.4 Å². The zero-order chi connectivity index (χ0) is 20.0. The van der Waals surface area contributed by atoms with Gasteiger partial charge in [-0.25, -0.2) is 9.07 Å². The van der Waals surface area contributed by atoms with E-state index in [2.05, 4.69) is 22.2 Å². The zero-order valence-electron chi connectivity index (χ0n) is 15.8. The average Bonchev–Trinajstić information content (AvgIpc) is 3.41. The van der Waals surface area contributed by atoms with Crippen molar-refractivity contribution in [3.8, 4) is 0 Å². The lowest BCUT2D eigenvalue weighted by atomic mass is 10.0. The molecule has 0 fully saturated rings. The standard InChI is InChI=1S/C21H19N5OS2/c1-13-3-2-4-14(7-13)20(22)21(27)25-9-15-10-26(24-18(15)11-25)29-16-5-6-17-19(8-16)28-12-23-17/h2-8,10,12,20H,9,11,22H2,1H3. The Morgan fingerprint density at radius 1 is 1.24 bits per heavy atom. The number of thiazole rings is 1. The lowest BCUT2D eigenvalue weighted by molar-refractivity contribution is -0.133. The number of benzene rings is 2. The summed E-state index contributed by atoms with van der Waals surface area (Å²) in [5.41, 5.74) is 13.1. The number of nitrogens with zero attached hydrogens (tertiary/aromatic N) is 4. The maximum atomic E-state index is 12.9. The molecule has 8 heteroatoms. The van der Waals surface area contributed by atoms with E-state index >= 15 is 0 Å². The number of hydrogen-bond donors (Lipinski definition) is 1. The van der Waals surface area contributed by atoms with Gasteiger partial charge in [0, 0.05) is 35.1 Å². The number of nitrogens with two attached hydrogens (primary N) is 1. The van der Waals surface area contributed by atoms with Crippen LogP contribution in [-0.2, 0) is 17.9 Å². The molecule has 29 heavy (non-hydrogen) atoms. The van der Waals surface area contributed by atoms with Crippen molar-refractivity contribution in [3.63, 3.8) is 0 Å². The first-order valence-corrected chi connectivity index (χ1v) is 10.9. The highest BCUT2D eigenvalue weighted by Gasteiger charge is 2.30. The summed E-state index contributed by atoms with van der Waals surface area (Å²) in [6, 6.07) is 13.4. The van der Waals surface area contributed by atoms with Crippen molar-refractivity contribution in [2.45, 2.75) is 31.0 Å². The van der Waals surface area contributed by atoms with Gasteiger partial charge in [-0.3, -0.25) is 4.79 Å². The van der Waals surface area contributed by atoms with E-state index < -0.39 is 6.04 Å². The van der Waals surface area contributed by atoms with Crippen LogP contribution in [0.5, 0.6) is 0 Å². The van der Waals surface area contributed by atoms with Crippen LogP contribution < -0.4 is 5.73 Å². The van der Waals surface area contributed by atoms with E-state index in [4.69, 9.17) is 5.73 Å². The van der Waals surface area contributed by atoms with E-state index in [0.29, 0.717) is 13.1 Å². The van der Waals surface area contributed by atoms with E-state index in [9.17, 15) is 4.79 Å². The Kier molecular flexibility index (Phi) is 4.61. The van der Waals surface area contributed by atoms with Gasteiger partial charge in [0.25, 0.3) is 0 Å². The van der Waals surface area contributed by atoms with Crippen molar-refractivity contribution in [2.24, 2.45) is 5.73 Å². The Hall–Kier alpha value is -2.68. The molecule has 0 radical (unpaired) electrons. The van der Waals surface area contributed by atoms with Crippen molar-refractivity contribution >= 4 is 39.4 Å². The summed E-state index contributed by atoms with van der Waals surface area (Å²) in [5, 5.41) is 4.67. The highest BCUT2D eigenvalue weighted by atomic mass is 32.2. The predicted molar refractivity (Wildman–Crippen MR) is 115 cm³/mol. The van der Waals surface area contributed by atoms with Gasteiger partial charge in [0.2, 0.25) is 5.91 Å². The Morgan fingerprint density at radius 3 is 2.97 bits per heavy atom. The largest absolute Gasteiger partial charge is 0.331 e. The van der Waals surface area contributed by atoms with Crippen molar-refractivity contribution in [2.75, 3.05) is 0 Å². The van der Waals surface area contributed by atoms with E-state index in [1.165, 1.54) is 0 Å². The fourth-order valence-electron chi connectivity index (χ4n) is 3.53. The summed E-state index contributed by atoms with van der Waals surface area (Å²) in [4.78, 5) is 20.1. The second kappa shape index (κ2) is 7.29. The number of amides is 1. The molecular weight excluding hydrogens is 402 g/mol. The quantitative estimate of drug-likeness (QED) is 0.541. The fraction of sp³-hybridized carbons (Fsp3) is 0.190. The van der Waals surface area contributed by atoms with Gasteiger partial charge < -0.3 is 10.6 Å². The van der Waals surface area contributed by atoms with Crippen molar-refractivity contribution in [1.29, 1.82) is 0 Å². The average molecular weight is 422 g/mol. The number of hydrogen-bond acceptors (Lipinski definition) is 6. The molecule has 1 aliphatic rings. The second-order valence-electron chi connectivity index (χ2n) is 7.16. The molecule has 0 spiro atoms. The van der Waals surface area contributed by atoms with Crippen LogP contribution in [0, 0.1) is 6.92 Å². The Morgan fingerprint density at radius 2 is 2.14 bits per heavy atom. The van der Waals surface area contributed by atoms with E-state index in [1.54, 1.807) is 28.2 Å². The molecule has 0 aliphatic carbocycles. The molecule has 0 saturated carbocycles. The van der Waals surface area contributed by atoms with Crippen LogP contribution >= 0.6 is 23.3 Å². The SMILES string of the molecule is Cc1cccc(C(N)C(=O)N2Cc3cn(Sc4ccc5ncsc5c4)nc3C2)c1. The number of carbonyl (C=O) groups excluding carboxylic acids is 1. The molecule has 2 aromatic heterocycles. The van der Waals surface area contributed by atoms with Gasteiger partial charge in [0.15, 0.2) is 0 Å². The van der Waals surface area contributed by atoms with Crippen molar-refractivity contribution in [3.05, 3.63) is 76.6 Å². The van der Waals surface area contributed by atoms with Crippen LogP contribution in [-0.4, -0.2) is 25.0 Å². The fourth-order valence-corrected chi connectivity index (χ4v) is 5.16. The third-order valence-electron chi connectivity index (χ3n) is 5.04. The molecule has 4 aromatic rings. The van der Waals surface area contributed by atoms with Gasteiger partial charge in [-0.05, 0) is 30.7 Å². The molecule has 2 N–H and O–H groups in total. The zero-order valence-corrected chi connectivity index (χ0v) is 17.4. The Labute approximate surface area is 176 Å². The summed E-state index contributed by atoms with van der Waals surface area (Å²) in [6.45, 7) is 3.04. The molecule has 2 aromatic carbocycles. The molecule has 1 atom stereocenters. The molecule has 5 rings (SSSR count). The normalized spacial score (nSPS) is 14.3.